The maximum Gasteiger partial charge on any atom is 0.147 e. The highest BCUT2D eigenvalue weighted by Gasteiger charge is 2.10. The van der Waals surface area contributed by atoms with E-state index in [2.05, 4.69) is 12.6 Å². The van der Waals surface area contributed by atoms with Crippen LogP contribution < -0.4 is 0 Å². The van der Waals surface area contributed by atoms with Crippen molar-refractivity contribution in [1.29, 1.82) is 0 Å². The quantitative estimate of drug-likeness (QED) is 0.588. The van der Waals surface area contributed by atoms with Gasteiger partial charge >= 0.3 is 0 Å². The first-order valence-electron chi connectivity index (χ1n) is 3.90. The van der Waals surface area contributed by atoms with E-state index in [0.29, 0.717) is 17.7 Å². The largest absolute Gasteiger partial charge is 0.205 e. The molecule has 0 N–H and O–H groups in total. The van der Waals surface area contributed by atoms with E-state index in [1.54, 1.807) is 0 Å². The van der Waals surface area contributed by atoms with Crippen molar-refractivity contribution in [2.45, 2.75) is 12.8 Å². The number of hydrogen-bond acceptors (Lipinski definition) is 1. The summed E-state index contributed by atoms with van der Waals surface area (Å²) in [4.78, 5) is 0. The normalized spacial score (nSPS) is 10.5. The van der Waals surface area contributed by atoms with Crippen molar-refractivity contribution >= 4 is 24.2 Å². The Morgan fingerprint density at radius 2 is 2.00 bits per heavy atom. The highest BCUT2D eigenvalue weighted by atomic mass is 35.5. The minimum absolute atomic E-state index is 0.420. The van der Waals surface area contributed by atoms with Crippen molar-refractivity contribution < 1.29 is 8.78 Å². The molecular weight excluding hydrogens is 214 g/mol. The van der Waals surface area contributed by atoms with Crippen molar-refractivity contribution in [2.24, 2.45) is 0 Å². The molecule has 1 aromatic carbocycles. The van der Waals surface area contributed by atoms with E-state index in [4.69, 9.17) is 11.6 Å². The van der Waals surface area contributed by atoms with Crippen LogP contribution in [-0.4, -0.2) is 5.75 Å². The van der Waals surface area contributed by atoms with Crippen LogP contribution in [0.4, 0.5) is 8.78 Å². The molecule has 0 fully saturated rings. The summed E-state index contributed by atoms with van der Waals surface area (Å²) >= 11 is 9.39. The summed E-state index contributed by atoms with van der Waals surface area (Å²) < 4.78 is 25.9. The Kier molecular flexibility index (Phi) is 4.00. The first kappa shape index (κ1) is 10.8. The maximum atomic E-state index is 13.2. The molecule has 0 radical (unpaired) electrons. The number of thiol groups is 1. The van der Waals surface area contributed by atoms with Gasteiger partial charge in [0.1, 0.15) is 16.7 Å². The van der Waals surface area contributed by atoms with E-state index in [-0.39, 0.29) is 0 Å². The lowest BCUT2D eigenvalue weighted by Crippen LogP contribution is -1.94. The van der Waals surface area contributed by atoms with Crippen LogP contribution in [0.3, 0.4) is 0 Å². The third-order valence-electron chi connectivity index (χ3n) is 1.72. The average Bonchev–Trinajstić information content (AvgIpc) is 2.13. The van der Waals surface area contributed by atoms with E-state index in [9.17, 15) is 8.78 Å². The van der Waals surface area contributed by atoms with Crippen LogP contribution in [0.25, 0.3) is 0 Å². The zero-order valence-electron chi connectivity index (χ0n) is 6.86. The van der Waals surface area contributed by atoms with Crippen molar-refractivity contribution in [3.8, 4) is 0 Å². The Labute approximate surface area is 86.3 Å². The molecule has 0 unspecified atom stereocenters. The molecule has 13 heavy (non-hydrogen) atoms. The highest BCUT2D eigenvalue weighted by molar-refractivity contribution is 7.80. The molecule has 0 heterocycles. The fourth-order valence-electron chi connectivity index (χ4n) is 1.03. The molecule has 0 saturated heterocycles. The highest BCUT2D eigenvalue weighted by Crippen LogP contribution is 2.22. The Morgan fingerprint density at radius 3 is 2.62 bits per heavy atom. The summed E-state index contributed by atoms with van der Waals surface area (Å²) in [5.74, 6) is -0.689. The molecule has 1 aromatic rings. The number of halogens is 3. The molecule has 0 atom stereocenters. The molecule has 0 bridgehead atoms. The van der Waals surface area contributed by atoms with Crippen molar-refractivity contribution in [1.82, 2.24) is 0 Å². The molecule has 0 aliphatic carbocycles. The summed E-state index contributed by atoms with van der Waals surface area (Å²) in [6.45, 7) is 0. The second kappa shape index (κ2) is 4.82. The summed E-state index contributed by atoms with van der Waals surface area (Å²) in [5.41, 5.74) is 0.445. The minimum atomic E-state index is -0.714. The van der Waals surface area contributed by atoms with Gasteiger partial charge in [-0.3, -0.25) is 0 Å². The van der Waals surface area contributed by atoms with Crippen LogP contribution in [0.1, 0.15) is 12.0 Å². The summed E-state index contributed by atoms with van der Waals surface area (Å²) in [6.07, 6.45) is 1.29. The molecule has 0 aromatic heterocycles. The van der Waals surface area contributed by atoms with Gasteiger partial charge in [0.15, 0.2) is 0 Å². The Bertz CT molecular complexity index is 302. The van der Waals surface area contributed by atoms with Crippen molar-refractivity contribution in [3.63, 3.8) is 0 Å². The standard InChI is InChI=1S/C9H9ClF2S/c10-8-7(11)4-3-6(9(8)12)2-1-5-13/h3-4,13H,1-2,5H2. The maximum absolute atomic E-state index is 13.2. The number of hydrogen-bond donors (Lipinski definition) is 1. The van der Waals surface area contributed by atoms with Gasteiger partial charge in [-0.2, -0.15) is 12.6 Å². The molecule has 4 heteroatoms. The monoisotopic (exact) mass is 222 g/mol. The van der Waals surface area contributed by atoms with Gasteiger partial charge in [-0.15, -0.1) is 0 Å². The van der Waals surface area contributed by atoms with Crippen molar-refractivity contribution in [3.05, 3.63) is 34.4 Å². The smallest absolute Gasteiger partial charge is 0.147 e. The second-order valence-corrected chi connectivity index (χ2v) is 3.49. The van der Waals surface area contributed by atoms with E-state index in [1.807, 2.05) is 0 Å². The molecule has 0 saturated carbocycles. The van der Waals surface area contributed by atoms with E-state index in [0.717, 1.165) is 6.42 Å². The first-order valence-corrected chi connectivity index (χ1v) is 4.91. The summed E-state index contributed by atoms with van der Waals surface area (Å²) in [6, 6.07) is 2.60. The van der Waals surface area contributed by atoms with Gasteiger partial charge in [0.25, 0.3) is 0 Å². The molecule has 72 valence electrons. The lowest BCUT2D eigenvalue weighted by atomic mass is 10.1. The van der Waals surface area contributed by atoms with Gasteiger partial charge in [0.2, 0.25) is 0 Å². The zero-order chi connectivity index (χ0) is 9.84. The van der Waals surface area contributed by atoms with Crippen LogP contribution in [0.5, 0.6) is 0 Å². The van der Waals surface area contributed by atoms with Crippen molar-refractivity contribution in [2.75, 3.05) is 5.75 Å². The first-order chi connectivity index (χ1) is 6.16. The van der Waals surface area contributed by atoms with Crippen LogP contribution in [0, 0.1) is 11.6 Å². The number of aryl methyl sites for hydroxylation is 1. The predicted molar refractivity (Wildman–Crippen MR) is 53.5 cm³/mol. The number of benzene rings is 1. The lowest BCUT2D eigenvalue weighted by Gasteiger charge is -2.03. The predicted octanol–water partition coefficient (Wildman–Crippen LogP) is 3.48. The van der Waals surface area contributed by atoms with E-state index in [1.165, 1.54) is 12.1 Å². The van der Waals surface area contributed by atoms with Gasteiger partial charge in [0, 0.05) is 0 Å². The van der Waals surface area contributed by atoms with Crippen LogP contribution in [0.2, 0.25) is 5.02 Å². The van der Waals surface area contributed by atoms with Gasteiger partial charge in [-0.25, -0.2) is 8.78 Å². The zero-order valence-corrected chi connectivity index (χ0v) is 8.51. The van der Waals surface area contributed by atoms with E-state index >= 15 is 0 Å². The average molecular weight is 223 g/mol. The minimum Gasteiger partial charge on any atom is -0.205 e. The fourth-order valence-corrected chi connectivity index (χ4v) is 1.37. The molecule has 0 spiro atoms. The van der Waals surface area contributed by atoms with Crippen LogP contribution in [-0.2, 0) is 6.42 Å². The Morgan fingerprint density at radius 1 is 1.31 bits per heavy atom. The lowest BCUT2D eigenvalue weighted by molar-refractivity contribution is 0.572. The molecule has 0 nitrogen and oxygen atoms in total. The van der Waals surface area contributed by atoms with Gasteiger partial charge in [-0.1, -0.05) is 17.7 Å². The summed E-state index contributed by atoms with van der Waals surface area (Å²) in [7, 11) is 0. The SMILES string of the molecule is Fc1ccc(CCCS)c(F)c1Cl. The molecule has 0 aliphatic rings. The molecular formula is C9H9ClF2S. The molecule has 1 rings (SSSR count). The Hall–Kier alpha value is -0.280. The summed E-state index contributed by atoms with van der Waals surface area (Å²) in [5, 5.41) is -0.420. The fraction of sp³-hybridized carbons (Fsp3) is 0.333. The third kappa shape index (κ3) is 2.58. The van der Waals surface area contributed by atoms with Gasteiger partial charge < -0.3 is 0 Å². The Balaban J connectivity index is 2.90. The van der Waals surface area contributed by atoms with Crippen LogP contribution >= 0.6 is 24.2 Å². The molecule has 0 amide bonds. The third-order valence-corrected chi connectivity index (χ3v) is 2.38. The topological polar surface area (TPSA) is 0 Å². The number of rotatable bonds is 3. The van der Waals surface area contributed by atoms with E-state index < -0.39 is 16.7 Å². The second-order valence-electron chi connectivity index (χ2n) is 2.66. The van der Waals surface area contributed by atoms with Gasteiger partial charge in [0.05, 0.1) is 0 Å². The van der Waals surface area contributed by atoms with Crippen LogP contribution in [0.15, 0.2) is 12.1 Å². The van der Waals surface area contributed by atoms with Gasteiger partial charge in [-0.05, 0) is 30.2 Å². The molecule has 0 aliphatic heterocycles.